The first-order valence-corrected chi connectivity index (χ1v) is 9.75. The number of hydrogen-bond acceptors (Lipinski definition) is 0. The molecular formula is C10H24Si2. The van der Waals surface area contributed by atoms with Gasteiger partial charge in [0.1, 0.15) is 0 Å². The Balaban J connectivity index is 4.70. The molecule has 0 saturated carbocycles. The summed E-state index contributed by atoms with van der Waals surface area (Å²) in [6.07, 6.45) is 0. The van der Waals surface area contributed by atoms with Gasteiger partial charge >= 0.3 is 0 Å². The van der Waals surface area contributed by atoms with Gasteiger partial charge in [-0.3, -0.25) is 0 Å². The van der Waals surface area contributed by atoms with Crippen molar-refractivity contribution in [2.45, 2.75) is 64.7 Å². The van der Waals surface area contributed by atoms with E-state index in [-0.39, 0.29) is 16.6 Å². The Morgan fingerprint density at radius 3 is 0.917 bits per heavy atom. The summed E-state index contributed by atoms with van der Waals surface area (Å²) in [5.41, 5.74) is 0. The predicted octanol–water partition coefficient (Wildman–Crippen LogP) is 3.91. The molecule has 72 valence electrons. The molecule has 0 fully saturated rings. The lowest BCUT2D eigenvalue weighted by molar-refractivity contribution is 0.658. The molecule has 0 rings (SSSR count). The van der Waals surface area contributed by atoms with Crippen molar-refractivity contribution in [3.63, 3.8) is 0 Å². The van der Waals surface area contributed by atoms with Gasteiger partial charge < -0.3 is 0 Å². The van der Waals surface area contributed by atoms with Crippen LogP contribution in [0.1, 0.15) is 41.5 Å². The third-order valence-electron chi connectivity index (χ3n) is 2.00. The molecule has 0 aliphatic rings. The van der Waals surface area contributed by atoms with E-state index < -0.39 is 0 Å². The third kappa shape index (κ3) is 3.44. The Labute approximate surface area is 81.8 Å². The standard InChI is InChI=1S/C10H24Si2/c1-9(2,3)12(11(7)8)10(4,5)6/h1-8H3. The van der Waals surface area contributed by atoms with Gasteiger partial charge in [-0.25, -0.2) is 0 Å². The topological polar surface area (TPSA) is 0 Å². The zero-order chi connectivity index (χ0) is 10.2. The van der Waals surface area contributed by atoms with Crippen molar-refractivity contribution in [3.8, 4) is 0 Å². The van der Waals surface area contributed by atoms with Crippen LogP contribution in [-0.4, -0.2) is 16.6 Å². The molecule has 0 amide bonds. The van der Waals surface area contributed by atoms with Crippen LogP contribution in [0, 0.1) is 0 Å². The summed E-state index contributed by atoms with van der Waals surface area (Å²) in [6, 6.07) is 0. The van der Waals surface area contributed by atoms with Crippen LogP contribution in [0.2, 0.25) is 23.2 Å². The van der Waals surface area contributed by atoms with Crippen LogP contribution in [0.4, 0.5) is 0 Å². The van der Waals surface area contributed by atoms with Crippen LogP contribution in [0.3, 0.4) is 0 Å². The minimum absolute atomic E-state index is 0.0859. The molecule has 2 radical (unpaired) electrons. The minimum Gasteiger partial charge on any atom is -0.0735 e. The molecule has 0 aromatic rings. The number of rotatable bonds is 1. The SMILES string of the molecule is C[Si](C)[Si](C(C)(C)C)C(C)(C)C. The highest BCUT2D eigenvalue weighted by molar-refractivity contribution is 7.23. The first kappa shape index (κ1) is 12.4. The van der Waals surface area contributed by atoms with E-state index in [2.05, 4.69) is 54.6 Å². The Morgan fingerprint density at radius 1 is 0.667 bits per heavy atom. The highest BCUT2D eigenvalue weighted by Crippen LogP contribution is 2.42. The lowest BCUT2D eigenvalue weighted by Crippen LogP contribution is -2.45. The van der Waals surface area contributed by atoms with E-state index in [9.17, 15) is 0 Å². The fourth-order valence-electron chi connectivity index (χ4n) is 2.62. The average molecular weight is 200 g/mol. The van der Waals surface area contributed by atoms with Crippen LogP contribution < -0.4 is 0 Å². The molecule has 0 N–H and O–H groups in total. The predicted molar refractivity (Wildman–Crippen MR) is 62.7 cm³/mol. The van der Waals surface area contributed by atoms with Crippen LogP contribution in [-0.2, 0) is 0 Å². The maximum atomic E-state index is 2.48. The lowest BCUT2D eigenvalue weighted by Gasteiger charge is -2.41. The second-order valence-corrected chi connectivity index (χ2v) is 16.1. The fourth-order valence-corrected chi connectivity index (χ4v) is 16.9. The summed E-state index contributed by atoms with van der Waals surface area (Å²) in [4.78, 5) is 0. The van der Waals surface area contributed by atoms with Crippen LogP contribution in [0.5, 0.6) is 0 Å². The number of hydrogen-bond donors (Lipinski definition) is 0. The molecule has 0 saturated heterocycles. The van der Waals surface area contributed by atoms with Gasteiger partial charge in [0, 0.05) is 16.6 Å². The summed E-state index contributed by atoms with van der Waals surface area (Å²) in [5, 5.41) is 1.14. The molecule has 0 nitrogen and oxygen atoms in total. The van der Waals surface area contributed by atoms with Gasteiger partial charge in [0.25, 0.3) is 0 Å². The Hall–Kier alpha value is 0.434. The van der Waals surface area contributed by atoms with E-state index in [1.54, 1.807) is 0 Å². The van der Waals surface area contributed by atoms with E-state index in [1.165, 1.54) is 0 Å². The molecule has 0 bridgehead atoms. The molecule has 0 aliphatic carbocycles. The molecule has 0 aromatic heterocycles. The molecule has 0 heterocycles. The monoisotopic (exact) mass is 200 g/mol. The zero-order valence-corrected chi connectivity index (χ0v) is 12.0. The van der Waals surface area contributed by atoms with Crippen LogP contribution >= 0.6 is 0 Å². The van der Waals surface area contributed by atoms with Crippen molar-refractivity contribution >= 4 is 16.6 Å². The fraction of sp³-hybridized carbons (Fsp3) is 1.00. The van der Waals surface area contributed by atoms with Crippen molar-refractivity contribution < 1.29 is 0 Å². The highest BCUT2D eigenvalue weighted by Gasteiger charge is 2.38. The van der Waals surface area contributed by atoms with Gasteiger partial charge in [-0.15, -0.1) is 0 Å². The van der Waals surface area contributed by atoms with Crippen molar-refractivity contribution in [2.75, 3.05) is 0 Å². The summed E-state index contributed by atoms with van der Waals surface area (Å²) in [7, 11) is -0.277. The van der Waals surface area contributed by atoms with E-state index in [0.717, 1.165) is 0 Å². The normalized spacial score (nSPS) is 14.5. The van der Waals surface area contributed by atoms with Crippen molar-refractivity contribution in [1.29, 1.82) is 0 Å². The molecule has 0 aliphatic heterocycles. The van der Waals surface area contributed by atoms with Crippen LogP contribution in [0.25, 0.3) is 0 Å². The second kappa shape index (κ2) is 3.66. The molecule has 0 spiro atoms. The zero-order valence-electron chi connectivity index (χ0n) is 10.0. The maximum absolute atomic E-state index is 2.48. The second-order valence-electron chi connectivity index (χ2n) is 5.88. The van der Waals surface area contributed by atoms with E-state index >= 15 is 0 Å². The van der Waals surface area contributed by atoms with E-state index in [1.807, 2.05) is 0 Å². The Bertz CT molecular complexity index is 123. The van der Waals surface area contributed by atoms with Crippen molar-refractivity contribution in [1.82, 2.24) is 0 Å². The molecular weight excluding hydrogens is 176 g/mol. The van der Waals surface area contributed by atoms with Crippen LogP contribution in [0.15, 0.2) is 0 Å². The summed E-state index contributed by atoms with van der Waals surface area (Å²) in [5.74, 6) is 0. The average Bonchev–Trinajstić information content (AvgIpc) is 1.49. The van der Waals surface area contributed by atoms with E-state index in [4.69, 9.17) is 0 Å². The Morgan fingerprint density at radius 2 is 0.917 bits per heavy atom. The molecule has 0 atom stereocenters. The van der Waals surface area contributed by atoms with Gasteiger partial charge in [0.2, 0.25) is 0 Å². The molecule has 0 unspecified atom stereocenters. The summed E-state index contributed by atoms with van der Waals surface area (Å²) < 4.78 is 0. The lowest BCUT2D eigenvalue weighted by atomic mass is 10.2. The van der Waals surface area contributed by atoms with E-state index in [0.29, 0.717) is 10.1 Å². The smallest absolute Gasteiger partial charge is 0.0494 e. The third-order valence-corrected chi connectivity index (χ3v) is 13.5. The van der Waals surface area contributed by atoms with Crippen molar-refractivity contribution in [2.24, 2.45) is 0 Å². The van der Waals surface area contributed by atoms with Gasteiger partial charge in [-0.2, -0.15) is 0 Å². The quantitative estimate of drug-likeness (QED) is 0.563. The largest absolute Gasteiger partial charge is 0.0735 e. The summed E-state index contributed by atoms with van der Waals surface area (Å²) in [6.45, 7) is 19.5. The molecule has 2 heteroatoms. The first-order chi connectivity index (χ1) is 5.07. The Kier molecular flexibility index (Phi) is 3.80. The highest BCUT2D eigenvalue weighted by atomic mass is 29.2. The van der Waals surface area contributed by atoms with Gasteiger partial charge in [-0.1, -0.05) is 54.6 Å². The van der Waals surface area contributed by atoms with Crippen molar-refractivity contribution in [3.05, 3.63) is 0 Å². The minimum atomic E-state index is -0.191. The van der Waals surface area contributed by atoms with Gasteiger partial charge in [-0.05, 0) is 10.1 Å². The maximum Gasteiger partial charge on any atom is 0.0494 e. The van der Waals surface area contributed by atoms with Gasteiger partial charge in [0.05, 0.1) is 0 Å². The molecule has 12 heavy (non-hydrogen) atoms. The molecule has 0 aromatic carbocycles. The van der Waals surface area contributed by atoms with Gasteiger partial charge in [0.15, 0.2) is 0 Å². The first-order valence-electron chi connectivity index (χ1n) is 4.75. The summed E-state index contributed by atoms with van der Waals surface area (Å²) >= 11 is 0.